The number of allylic oxidation sites excluding steroid dienone is 2. The third kappa shape index (κ3) is 5.90. The van der Waals surface area contributed by atoms with E-state index in [1.165, 1.54) is 57.8 Å². The summed E-state index contributed by atoms with van der Waals surface area (Å²) in [5.41, 5.74) is 0. The minimum Gasteiger partial charge on any atom is -0.313 e. The van der Waals surface area contributed by atoms with Gasteiger partial charge in [-0.25, -0.2) is 0 Å². The Labute approximate surface area is 83.4 Å². The lowest BCUT2D eigenvalue weighted by molar-refractivity contribution is 0.578. The molecule has 0 heterocycles. The second kappa shape index (κ2) is 7.17. The van der Waals surface area contributed by atoms with Crippen LogP contribution >= 0.6 is 0 Å². The molecule has 1 aliphatic carbocycles. The van der Waals surface area contributed by atoms with E-state index in [1.54, 1.807) is 5.92 Å². The molecule has 0 unspecified atom stereocenters. The van der Waals surface area contributed by atoms with Crippen molar-refractivity contribution >= 4 is 0 Å². The van der Waals surface area contributed by atoms with Crippen LogP contribution < -0.4 is 0 Å². The molecule has 1 aliphatic rings. The van der Waals surface area contributed by atoms with E-state index < -0.39 is 0 Å². The van der Waals surface area contributed by atoms with Crippen molar-refractivity contribution in [1.29, 1.82) is 0 Å². The normalized spacial score (nSPS) is 25.9. The first-order valence-electron chi connectivity index (χ1n) is 5.86. The SMILES string of the molecule is C[C-]1C/C=C\CCCCCCCC1. The van der Waals surface area contributed by atoms with Gasteiger partial charge in [-0.2, -0.15) is 19.8 Å². The van der Waals surface area contributed by atoms with Gasteiger partial charge in [0, 0.05) is 0 Å². The van der Waals surface area contributed by atoms with Gasteiger partial charge in [0.25, 0.3) is 0 Å². The molecule has 0 bridgehead atoms. The van der Waals surface area contributed by atoms with Gasteiger partial charge in [-0.1, -0.05) is 38.2 Å². The Morgan fingerprint density at radius 1 is 0.846 bits per heavy atom. The van der Waals surface area contributed by atoms with E-state index in [2.05, 4.69) is 19.1 Å². The second-order valence-electron chi connectivity index (χ2n) is 4.29. The first kappa shape index (κ1) is 10.8. The van der Waals surface area contributed by atoms with E-state index in [4.69, 9.17) is 0 Å². The molecule has 0 atom stereocenters. The van der Waals surface area contributed by atoms with E-state index in [-0.39, 0.29) is 0 Å². The number of hydrogen-bond donors (Lipinski definition) is 0. The van der Waals surface area contributed by atoms with Crippen LogP contribution in [0.4, 0.5) is 0 Å². The maximum absolute atomic E-state index is 2.37. The Bertz CT molecular complexity index is 135. The van der Waals surface area contributed by atoms with Crippen LogP contribution in [0.3, 0.4) is 0 Å². The Kier molecular flexibility index (Phi) is 5.97. The third-order valence-corrected chi connectivity index (χ3v) is 2.86. The molecule has 0 saturated carbocycles. The summed E-state index contributed by atoms with van der Waals surface area (Å²) in [5.74, 6) is 1.66. The Hall–Kier alpha value is -0.260. The average Bonchev–Trinajstić information content (AvgIpc) is 2.11. The van der Waals surface area contributed by atoms with Crippen LogP contribution in [-0.2, 0) is 0 Å². The van der Waals surface area contributed by atoms with E-state index >= 15 is 0 Å². The van der Waals surface area contributed by atoms with Gasteiger partial charge in [-0.15, -0.1) is 6.08 Å². The van der Waals surface area contributed by atoms with Crippen LogP contribution in [0.5, 0.6) is 0 Å². The molecule has 0 aromatic carbocycles. The molecule has 0 fully saturated rings. The van der Waals surface area contributed by atoms with Crippen molar-refractivity contribution in [3.05, 3.63) is 18.1 Å². The van der Waals surface area contributed by atoms with Gasteiger partial charge < -0.3 is 5.92 Å². The lowest BCUT2D eigenvalue weighted by Gasteiger charge is -2.22. The molecule has 0 aromatic heterocycles. The quantitative estimate of drug-likeness (QED) is 0.375. The molecule has 0 aliphatic heterocycles. The summed E-state index contributed by atoms with van der Waals surface area (Å²) in [6.07, 6.45) is 17.2. The fraction of sp³-hybridized carbons (Fsp3) is 0.769. The second-order valence-corrected chi connectivity index (χ2v) is 4.29. The highest BCUT2D eigenvalue weighted by molar-refractivity contribution is 4.95. The van der Waals surface area contributed by atoms with Crippen molar-refractivity contribution in [3.63, 3.8) is 0 Å². The highest BCUT2D eigenvalue weighted by Gasteiger charge is 1.92. The zero-order chi connectivity index (χ0) is 9.36. The Morgan fingerprint density at radius 3 is 2.38 bits per heavy atom. The molecule has 0 amide bonds. The van der Waals surface area contributed by atoms with Crippen molar-refractivity contribution in [2.75, 3.05) is 0 Å². The molecular weight excluding hydrogens is 156 g/mol. The van der Waals surface area contributed by atoms with Crippen molar-refractivity contribution < 1.29 is 0 Å². The van der Waals surface area contributed by atoms with Gasteiger partial charge in [0.1, 0.15) is 0 Å². The molecular formula is C13H23-. The van der Waals surface area contributed by atoms with Crippen LogP contribution in [0, 0.1) is 5.92 Å². The first-order chi connectivity index (χ1) is 6.39. The predicted molar refractivity (Wildman–Crippen MR) is 59.6 cm³/mol. The summed E-state index contributed by atoms with van der Waals surface area (Å²) < 4.78 is 0. The molecule has 0 spiro atoms. The van der Waals surface area contributed by atoms with Crippen LogP contribution in [0.1, 0.15) is 64.7 Å². The van der Waals surface area contributed by atoms with Gasteiger partial charge in [0.15, 0.2) is 0 Å². The predicted octanol–water partition coefficient (Wildman–Crippen LogP) is 4.66. The summed E-state index contributed by atoms with van der Waals surface area (Å²) in [6.45, 7) is 2.30. The van der Waals surface area contributed by atoms with Gasteiger partial charge in [-0.3, -0.25) is 0 Å². The molecule has 0 N–H and O–H groups in total. The van der Waals surface area contributed by atoms with E-state index in [0.717, 1.165) is 0 Å². The molecule has 0 saturated heterocycles. The zero-order valence-electron chi connectivity index (χ0n) is 9.02. The largest absolute Gasteiger partial charge is 0.313 e. The summed E-state index contributed by atoms with van der Waals surface area (Å²) in [4.78, 5) is 0. The number of rotatable bonds is 0. The molecule has 13 heavy (non-hydrogen) atoms. The van der Waals surface area contributed by atoms with Crippen molar-refractivity contribution in [3.8, 4) is 0 Å². The van der Waals surface area contributed by atoms with Crippen molar-refractivity contribution in [2.24, 2.45) is 0 Å². The summed E-state index contributed by atoms with van der Waals surface area (Å²) in [6, 6.07) is 0. The minimum absolute atomic E-state index is 1.22. The lowest BCUT2D eigenvalue weighted by Crippen LogP contribution is -1.91. The van der Waals surface area contributed by atoms with Crippen LogP contribution in [-0.4, -0.2) is 0 Å². The fourth-order valence-corrected chi connectivity index (χ4v) is 1.90. The lowest BCUT2D eigenvalue weighted by atomic mass is 9.97. The number of hydrogen-bond acceptors (Lipinski definition) is 0. The van der Waals surface area contributed by atoms with Crippen LogP contribution in [0.15, 0.2) is 12.2 Å². The van der Waals surface area contributed by atoms with E-state index in [0.29, 0.717) is 0 Å². The molecule has 0 heteroatoms. The van der Waals surface area contributed by atoms with Gasteiger partial charge in [0.2, 0.25) is 0 Å². The average molecular weight is 179 g/mol. The maximum atomic E-state index is 2.37. The van der Waals surface area contributed by atoms with E-state index in [9.17, 15) is 0 Å². The monoisotopic (exact) mass is 179 g/mol. The first-order valence-corrected chi connectivity index (χ1v) is 5.86. The van der Waals surface area contributed by atoms with Gasteiger partial charge in [0.05, 0.1) is 0 Å². The zero-order valence-corrected chi connectivity index (χ0v) is 9.02. The minimum atomic E-state index is 1.22. The Morgan fingerprint density at radius 2 is 1.54 bits per heavy atom. The fourth-order valence-electron chi connectivity index (χ4n) is 1.90. The Balaban J connectivity index is 2.22. The van der Waals surface area contributed by atoms with Gasteiger partial charge in [-0.05, 0) is 12.8 Å². The van der Waals surface area contributed by atoms with Crippen molar-refractivity contribution in [2.45, 2.75) is 64.7 Å². The maximum Gasteiger partial charge on any atom is -0.0352 e. The summed E-state index contributed by atoms with van der Waals surface area (Å²) in [5, 5.41) is 0. The summed E-state index contributed by atoms with van der Waals surface area (Å²) >= 11 is 0. The highest BCUT2D eigenvalue weighted by Crippen LogP contribution is 2.18. The topological polar surface area (TPSA) is 0 Å². The van der Waals surface area contributed by atoms with E-state index in [1.807, 2.05) is 0 Å². The highest BCUT2D eigenvalue weighted by atomic mass is 14.1. The standard InChI is InChI=1S/C13H23/c1-13-11-9-7-5-3-2-4-6-8-10-12-13/h7,9H,2-6,8,10-12H2,1H3/q-1/b9-7-. The molecule has 0 radical (unpaired) electrons. The van der Waals surface area contributed by atoms with Crippen LogP contribution in [0.2, 0.25) is 0 Å². The molecule has 0 nitrogen and oxygen atoms in total. The third-order valence-electron chi connectivity index (χ3n) is 2.86. The summed E-state index contributed by atoms with van der Waals surface area (Å²) in [7, 11) is 0. The van der Waals surface area contributed by atoms with Crippen LogP contribution in [0.25, 0.3) is 0 Å². The molecule has 1 rings (SSSR count). The molecule has 76 valence electrons. The van der Waals surface area contributed by atoms with Gasteiger partial charge >= 0.3 is 0 Å². The molecule has 0 aromatic rings. The van der Waals surface area contributed by atoms with Crippen molar-refractivity contribution in [1.82, 2.24) is 0 Å². The smallest absolute Gasteiger partial charge is 0.0352 e.